The van der Waals surface area contributed by atoms with Crippen molar-refractivity contribution in [3.8, 4) is 0 Å². The maximum absolute atomic E-state index is 11.5. The van der Waals surface area contributed by atoms with Crippen LogP contribution >= 0.6 is 0 Å². The average Bonchev–Trinajstić information content (AvgIpc) is 2.14. The van der Waals surface area contributed by atoms with Gasteiger partial charge in [-0.1, -0.05) is 13.8 Å². The summed E-state index contributed by atoms with van der Waals surface area (Å²) in [5.74, 6) is -0.708. The van der Waals surface area contributed by atoms with Crippen molar-refractivity contribution in [2.24, 2.45) is 5.92 Å². The van der Waals surface area contributed by atoms with Gasteiger partial charge in [0.1, 0.15) is 11.6 Å². The SMILES string of the molecule is COC(=O)[C@H](NCC(=O)OC(C)(C)C)C(C)C. The monoisotopic (exact) mass is 245 g/mol. The lowest BCUT2D eigenvalue weighted by molar-refractivity contribution is -0.154. The third kappa shape index (κ3) is 6.94. The van der Waals surface area contributed by atoms with E-state index in [1.165, 1.54) is 7.11 Å². The van der Waals surface area contributed by atoms with Crippen LogP contribution in [0.3, 0.4) is 0 Å². The molecule has 0 bridgehead atoms. The van der Waals surface area contributed by atoms with Crippen LogP contribution in [0.1, 0.15) is 34.6 Å². The molecule has 0 aliphatic heterocycles. The van der Waals surface area contributed by atoms with Crippen molar-refractivity contribution >= 4 is 11.9 Å². The van der Waals surface area contributed by atoms with Crippen molar-refractivity contribution in [3.63, 3.8) is 0 Å². The number of rotatable bonds is 5. The molecule has 0 aromatic heterocycles. The molecule has 100 valence electrons. The fourth-order valence-electron chi connectivity index (χ4n) is 1.29. The van der Waals surface area contributed by atoms with Crippen LogP contribution in [0, 0.1) is 5.92 Å². The molecule has 0 radical (unpaired) electrons. The zero-order valence-electron chi connectivity index (χ0n) is 11.5. The van der Waals surface area contributed by atoms with Gasteiger partial charge in [0, 0.05) is 0 Å². The fourth-order valence-corrected chi connectivity index (χ4v) is 1.29. The number of hydrogen-bond acceptors (Lipinski definition) is 5. The molecule has 0 rings (SSSR count). The smallest absolute Gasteiger partial charge is 0.323 e. The molecule has 5 nitrogen and oxygen atoms in total. The first kappa shape index (κ1) is 15.9. The molecule has 0 fully saturated rings. The molecular weight excluding hydrogens is 222 g/mol. The molecule has 0 aromatic rings. The molecule has 0 saturated carbocycles. The van der Waals surface area contributed by atoms with Crippen molar-refractivity contribution in [1.82, 2.24) is 5.32 Å². The minimum atomic E-state index is -0.517. The van der Waals surface area contributed by atoms with E-state index in [1.54, 1.807) is 20.8 Å². The molecule has 17 heavy (non-hydrogen) atoms. The van der Waals surface area contributed by atoms with Crippen LogP contribution in [0.4, 0.5) is 0 Å². The van der Waals surface area contributed by atoms with Crippen LogP contribution in [0.25, 0.3) is 0 Å². The third-order valence-electron chi connectivity index (χ3n) is 2.01. The molecule has 1 atom stereocenters. The van der Waals surface area contributed by atoms with Crippen molar-refractivity contribution in [1.29, 1.82) is 0 Å². The van der Waals surface area contributed by atoms with E-state index >= 15 is 0 Å². The molecule has 0 unspecified atom stereocenters. The van der Waals surface area contributed by atoms with Gasteiger partial charge >= 0.3 is 11.9 Å². The van der Waals surface area contributed by atoms with Crippen LogP contribution in [-0.4, -0.2) is 37.2 Å². The van der Waals surface area contributed by atoms with E-state index < -0.39 is 11.6 Å². The first-order valence-electron chi connectivity index (χ1n) is 5.70. The zero-order valence-corrected chi connectivity index (χ0v) is 11.5. The highest BCUT2D eigenvalue weighted by Gasteiger charge is 2.24. The topological polar surface area (TPSA) is 64.6 Å². The maximum Gasteiger partial charge on any atom is 0.323 e. The summed E-state index contributed by atoms with van der Waals surface area (Å²) in [5.41, 5.74) is -0.517. The normalized spacial score (nSPS) is 13.4. The highest BCUT2D eigenvalue weighted by atomic mass is 16.6. The van der Waals surface area contributed by atoms with Gasteiger partial charge in [-0.3, -0.25) is 14.9 Å². The molecule has 5 heteroatoms. The lowest BCUT2D eigenvalue weighted by Crippen LogP contribution is -2.45. The Morgan fingerprint density at radius 1 is 1.24 bits per heavy atom. The molecule has 0 spiro atoms. The Hall–Kier alpha value is -1.10. The Morgan fingerprint density at radius 2 is 1.76 bits per heavy atom. The van der Waals surface area contributed by atoms with Gasteiger partial charge in [-0.2, -0.15) is 0 Å². The zero-order chi connectivity index (χ0) is 13.6. The summed E-state index contributed by atoms with van der Waals surface area (Å²) >= 11 is 0. The van der Waals surface area contributed by atoms with Gasteiger partial charge in [-0.05, 0) is 26.7 Å². The van der Waals surface area contributed by atoms with E-state index in [0.717, 1.165) is 0 Å². The second-order valence-electron chi connectivity index (χ2n) is 5.21. The van der Waals surface area contributed by atoms with Gasteiger partial charge in [0.25, 0.3) is 0 Å². The number of esters is 2. The minimum absolute atomic E-state index is 0.00475. The molecule has 0 amide bonds. The minimum Gasteiger partial charge on any atom is -0.468 e. The first-order chi connectivity index (χ1) is 7.67. The van der Waals surface area contributed by atoms with E-state index in [0.29, 0.717) is 0 Å². The number of carbonyl (C=O) groups is 2. The van der Waals surface area contributed by atoms with Gasteiger partial charge in [-0.15, -0.1) is 0 Å². The Balaban J connectivity index is 4.23. The van der Waals surface area contributed by atoms with Crippen molar-refractivity contribution in [2.45, 2.75) is 46.3 Å². The predicted molar refractivity (Wildman–Crippen MR) is 64.5 cm³/mol. The van der Waals surface area contributed by atoms with Crippen LogP contribution in [0.2, 0.25) is 0 Å². The Kier molecular flexibility index (Phi) is 6.16. The maximum atomic E-state index is 11.5. The fraction of sp³-hybridized carbons (Fsp3) is 0.833. The molecule has 1 N–H and O–H groups in total. The Morgan fingerprint density at radius 3 is 2.12 bits per heavy atom. The van der Waals surface area contributed by atoms with Gasteiger partial charge in [0.15, 0.2) is 0 Å². The lowest BCUT2D eigenvalue weighted by atomic mass is 10.0. The first-order valence-corrected chi connectivity index (χ1v) is 5.70. The highest BCUT2D eigenvalue weighted by molar-refractivity contribution is 5.78. The summed E-state index contributed by atoms with van der Waals surface area (Å²) in [5, 5.41) is 2.84. The number of nitrogens with one attached hydrogen (secondary N) is 1. The summed E-state index contributed by atoms with van der Waals surface area (Å²) in [4.78, 5) is 22.9. The largest absolute Gasteiger partial charge is 0.468 e. The molecule has 0 aliphatic rings. The Bertz CT molecular complexity index is 268. The second kappa shape index (κ2) is 6.59. The second-order valence-corrected chi connectivity index (χ2v) is 5.21. The van der Waals surface area contributed by atoms with Gasteiger partial charge in [-0.25, -0.2) is 0 Å². The van der Waals surface area contributed by atoms with Crippen LogP contribution in [-0.2, 0) is 19.1 Å². The summed E-state index contributed by atoms with van der Waals surface area (Å²) in [6.07, 6.45) is 0. The summed E-state index contributed by atoms with van der Waals surface area (Å²) < 4.78 is 9.78. The van der Waals surface area contributed by atoms with E-state index in [4.69, 9.17) is 4.74 Å². The van der Waals surface area contributed by atoms with Crippen molar-refractivity contribution < 1.29 is 19.1 Å². The number of hydrogen-bond donors (Lipinski definition) is 1. The molecular formula is C12H23NO4. The highest BCUT2D eigenvalue weighted by Crippen LogP contribution is 2.07. The number of carbonyl (C=O) groups excluding carboxylic acids is 2. The van der Waals surface area contributed by atoms with Crippen LogP contribution in [0.15, 0.2) is 0 Å². The van der Waals surface area contributed by atoms with E-state index in [-0.39, 0.29) is 24.4 Å². The molecule has 0 heterocycles. The van der Waals surface area contributed by atoms with E-state index in [2.05, 4.69) is 10.1 Å². The quantitative estimate of drug-likeness (QED) is 0.735. The van der Waals surface area contributed by atoms with Gasteiger partial charge < -0.3 is 9.47 Å². The predicted octanol–water partition coefficient (Wildman–Crippen LogP) is 1.12. The summed E-state index contributed by atoms with van der Waals surface area (Å²) in [6, 6.07) is -0.493. The molecule has 0 aliphatic carbocycles. The summed E-state index contributed by atoms with van der Waals surface area (Å²) in [6.45, 7) is 9.14. The van der Waals surface area contributed by atoms with Crippen molar-refractivity contribution in [2.75, 3.05) is 13.7 Å². The van der Waals surface area contributed by atoms with Gasteiger partial charge in [0.2, 0.25) is 0 Å². The number of ether oxygens (including phenoxy) is 2. The van der Waals surface area contributed by atoms with Crippen molar-refractivity contribution in [3.05, 3.63) is 0 Å². The van der Waals surface area contributed by atoms with Crippen LogP contribution in [0.5, 0.6) is 0 Å². The lowest BCUT2D eigenvalue weighted by Gasteiger charge is -2.22. The van der Waals surface area contributed by atoms with E-state index in [9.17, 15) is 9.59 Å². The van der Waals surface area contributed by atoms with Gasteiger partial charge in [0.05, 0.1) is 13.7 Å². The van der Waals surface area contributed by atoms with Crippen LogP contribution < -0.4 is 5.32 Å². The van der Waals surface area contributed by atoms with E-state index in [1.807, 2.05) is 13.8 Å². The third-order valence-corrected chi connectivity index (χ3v) is 2.01. The molecule has 0 aromatic carbocycles. The summed E-state index contributed by atoms with van der Waals surface area (Å²) in [7, 11) is 1.33. The number of methoxy groups -OCH3 is 1. The Labute approximate surface area is 103 Å². The average molecular weight is 245 g/mol. The molecule has 0 saturated heterocycles. The standard InChI is InChI=1S/C12H23NO4/c1-8(2)10(11(15)16-6)13-7-9(14)17-12(3,4)5/h8,10,13H,7H2,1-6H3/t10-/m1/s1.